The van der Waals surface area contributed by atoms with Crippen LogP contribution in [0.2, 0.25) is 0 Å². The summed E-state index contributed by atoms with van der Waals surface area (Å²) in [5.74, 6) is 0.675. The number of hydrogen-bond donors (Lipinski definition) is 1. The van der Waals surface area contributed by atoms with Crippen LogP contribution in [0.3, 0.4) is 0 Å². The molecule has 0 bridgehead atoms. The fourth-order valence-corrected chi connectivity index (χ4v) is 1.60. The monoisotopic (exact) mass is 247 g/mol. The van der Waals surface area contributed by atoms with E-state index in [9.17, 15) is 4.79 Å². The number of hydrogen-bond acceptors (Lipinski definition) is 2. The highest BCUT2D eigenvalue weighted by Crippen LogP contribution is 2.21. The van der Waals surface area contributed by atoms with Crippen molar-refractivity contribution >= 4 is 5.91 Å². The summed E-state index contributed by atoms with van der Waals surface area (Å²) in [5, 5.41) is 2.76. The van der Waals surface area contributed by atoms with E-state index in [2.05, 4.69) is 11.9 Å². The Kier molecular flexibility index (Phi) is 5.43. The maximum absolute atomic E-state index is 11.8. The van der Waals surface area contributed by atoms with Crippen molar-refractivity contribution in [3.05, 3.63) is 42.0 Å². The lowest BCUT2D eigenvalue weighted by Gasteiger charge is -2.18. The number of nitrogens with one attached hydrogen (secondary N) is 1. The van der Waals surface area contributed by atoms with Crippen LogP contribution in [0.5, 0.6) is 5.75 Å². The van der Waals surface area contributed by atoms with E-state index in [1.165, 1.54) is 0 Å². The number of benzene rings is 1. The summed E-state index contributed by atoms with van der Waals surface area (Å²) >= 11 is 0. The van der Waals surface area contributed by atoms with Gasteiger partial charge in [-0.2, -0.15) is 0 Å². The van der Waals surface area contributed by atoms with Crippen molar-refractivity contribution in [3.63, 3.8) is 0 Å². The Morgan fingerprint density at radius 1 is 1.50 bits per heavy atom. The van der Waals surface area contributed by atoms with Gasteiger partial charge in [-0.05, 0) is 37.5 Å². The number of carbonyl (C=O) groups excluding carboxylic acids is 1. The van der Waals surface area contributed by atoms with E-state index >= 15 is 0 Å². The third-order valence-electron chi connectivity index (χ3n) is 2.70. The van der Waals surface area contributed by atoms with E-state index in [0.29, 0.717) is 13.0 Å². The fourth-order valence-electron chi connectivity index (χ4n) is 1.60. The zero-order chi connectivity index (χ0) is 13.5. The summed E-state index contributed by atoms with van der Waals surface area (Å²) in [7, 11) is 0. The molecule has 0 unspecified atom stereocenters. The molecule has 1 aromatic carbocycles. The predicted octanol–water partition coefficient (Wildman–Crippen LogP) is 2.76. The molecule has 3 heteroatoms. The highest BCUT2D eigenvalue weighted by molar-refractivity contribution is 5.81. The topological polar surface area (TPSA) is 38.3 Å². The second kappa shape index (κ2) is 6.84. The van der Waals surface area contributed by atoms with Crippen molar-refractivity contribution in [2.75, 3.05) is 6.54 Å². The van der Waals surface area contributed by atoms with Crippen molar-refractivity contribution in [3.8, 4) is 5.75 Å². The van der Waals surface area contributed by atoms with Crippen LogP contribution in [0.4, 0.5) is 0 Å². The Morgan fingerprint density at radius 2 is 2.22 bits per heavy atom. The quantitative estimate of drug-likeness (QED) is 0.785. The van der Waals surface area contributed by atoms with Crippen molar-refractivity contribution in [1.29, 1.82) is 0 Å². The number of carbonyl (C=O) groups is 1. The summed E-state index contributed by atoms with van der Waals surface area (Å²) < 4.78 is 5.79. The van der Waals surface area contributed by atoms with Gasteiger partial charge in [-0.15, -0.1) is 6.58 Å². The Hall–Kier alpha value is -1.77. The van der Waals surface area contributed by atoms with Crippen LogP contribution >= 0.6 is 0 Å². The molecule has 0 radical (unpaired) electrons. The molecular weight excluding hydrogens is 226 g/mol. The van der Waals surface area contributed by atoms with E-state index in [1.807, 2.05) is 39.0 Å². The van der Waals surface area contributed by atoms with Crippen LogP contribution < -0.4 is 10.1 Å². The summed E-state index contributed by atoms with van der Waals surface area (Å²) in [6, 6.07) is 5.98. The molecule has 1 atom stereocenters. The molecule has 98 valence electrons. The molecule has 0 saturated carbocycles. The van der Waals surface area contributed by atoms with Crippen LogP contribution in [0.25, 0.3) is 0 Å². The summed E-state index contributed by atoms with van der Waals surface area (Å²) in [4.78, 5) is 11.8. The molecule has 0 aliphatic heterocycles. The largest absolute Gasteiger partial charge is 0.480 e. The number of amides is 1. The van der Waals surface area contributed by atoms with Crippen molar-refractivity contribution in [1.82, 2.24) is 5.32 Å². The van der Waals surface area contributed by atoms with E-state index in [1.54, 1.807) is 6.08 Å². The minimum absolute atomic E-state index is 0.0988. The molecule has 1 rings (SSSR count). The lowest BCUT2D eigenvalue weighted by molar-refractivity contribution is -0.127. The summed E-state index contributed by atoms with van der Waals surface area (Å²) in [5.41, 5.74) is 2.16. The Bertz CT molecular complexity index is 427. The van der Waals surface area contributed by atoms with Gasteiger partial charge >= 0.3 is 0 Å². The van der Waals surface area contributed by atoms with Gasteiger partial charge in [0.15, 0.2) is 6.10 Å². The van der Waals surface area contributed by atoms with Crippen LogP contribution in [0.1, 0.15) is 24.5 Å². The third kappa shape index (κ3) is 3.91. The predicted molar refractivity (Wildman–Crippen MR) is 73.8 cm³/mol. The maximum Gasteiger partial charge on any atom is 0.261 e. The lowest BCUT2D eigenvalue weighted by Crippen LogP contribution is -2.38. The summed E-state index contributed by atoms with van der Waals surface area (Å²) in [6.45, 7) is 9.95. The Labute approximate surface area is 109 Å². The average molecular weight is 247 g/mol. The Balaban J connectivity index is 2.75. The highest BCUT2D eigenvalue weighted by Gasteiger charge is 2.18. The minimum Gasteiger partial charge on any atom is -0.480 e. The fraction of sp³-hybridized carbons (Fsp3) is 0.400. The third-order valence-corrected chi connectivity index (χ3v) is 2.70. The van der Waals surface area contributed by atoms with Crippen LogP contribution in [-0.4, -0.2) is 18.6 Å². The number of ether oxygens (including phenoxy) is 1. The van der Waals surface area contributed by atoms with Gasteiger partial charge in [0.1, 0.15) is 5.75 Å². The molecule has 0 aliphatic carbocycles. The second-order valence-corrected chi connectivity index (χ2v) is 4.32. The van der Waals surface area contributed by atoms with Crippen LogP contribution in [0, 0.1) is 13.8 Å². The highest BCUT2D eigenvalue weighted by atomic mass is 16.5. The molecule has 0 aromatic heterocycles. The Morgan fingerprint density at radius 3 is 2.83 bits per heavy atom. The first-order valence-corrected chi connectivity index (χ1v) is 6.21. The van der Waals surface area contributed by atoms with Gasteiger partial charge in [-0.1, -0.05) is 25.1 Å². The first kappa shape index (κ1) is 14.3. The van der Waals surface area contributed by atoms with Crippen molar-refractivity contribution < 1.29 is 9.53 Å². The molecule has 0 saturated heterocycles. The number of aryl methyl sites for hydroxylation is 2. The smallest absolute Gasteiger partial charge is 0.261 e. The molecule has 0 aliphatic rings. The van der Waals surface area contributed by atoms with E-state index in [0.717, 1.165) is 16.9 Å². The van der Waals surface area contributed by atoms with Gasteiger partial charge in [-0.3, -0.25) is 4.79 Å². The molecule has 1 amide bonds. The average Bonchev–Trinajstić information content (AvgIpc) is 2.36. The molecule has 1 N–H and O–H groups in total. The molecule has 3 nitrogen and oxygen atoms in total. The molecular formula is C15H21NO2. The van der Waals surface area contributed by atoms with Gasteiger partial charge in [0, 0.05) is 6.54 Å². The van der Waals surface area contributed by atoms with Crippen molar-refractivity contribution in [2.45, 2.75) is 33.3 Å². The normalized spacial score (nSPS) is 11.7. The maximum atomic E-state index is 11.8. The molecule has 18 heavy (non-hydrogen) atoms. The first-order chi connectivity index (χ1) is 8.58. The molecule has 0 spiro atoms. The first-order valence-electron chi connectivity index (χ1n) is 6.21. The van der Waals surface area contributed by atoms with E-state index in [4.69, 9.17) is 4.74 Å². The van der Waals surface area contributed by atoms with Gasteiger partial charge in [0.25, 0.3) is 5.91 Å². The van der Waals surface area contributed by atoms with Gasteiger partial charge in [-0.25, -0.2) is 0 Å². The minimum atomic E-state index is -0.453. The number of rotatable bonds is 6. The van der Waals surface area contributed by atoms with Gasteiger partial charge < -0.3 is 10.1 Å². The van der Waals surface area contributed by atoms with Crippen LogP contribution in [-0.2, 0) is 4.79 Å². The zero-order valence-electron chi connectivity index (χ0n) is 11.3. The molecule has 0 fully saturated rings. The van der Waals surface area contributed by atoms with E-state index in [-0.39, 0.29) is 5.91 Å². The van der Waals surface area contributed by atoms with Crippen molar-refractivity contribution in [2.24, 2.45) is 0 Å². The molecule has 0 heterocycles. The SMILES string of the molecule is C=CCNC(=O)[C@@H](CC)Oc1cc(C)ccc1C. The molecule has 1 aromatic rings. The summed E-state index contributed by atoms with van der Waals surface area (Å²) in [6.07, 6.45) is 1.84. The van der Waals surface area contributed by atoms with Gasteiger partial charge in [0.05, 0.1) is 0 Å². The van der Waals surface area contributed by atoms with E-state index < -0.39 is 6.10 Å². The van der Waals surface area contributed by atoms with Gasteiger partial charge in [0.2, 0.25) is 0 Å². The lowest BCUT2D eigenvalue weighted by atomic mass is 10.1. The zero-order valence-corrected chi connectivity index (χ0v) is 11.3. The second-order valence-electron chi connectivity index (χ2n) is 4.32. The standard InChI is InChI=1S/C15H21NO2/c1-5-9-16-15(17)13(6-2)18-14-10-11(3)7-8-12(14)4/h5,7-8,10,13H,1,6,9H2,2-4H3,(H,16,17)/t13-/m1/s1. The van der Waals surface area contributed by atoms with Crippen LogP contribution in [0.15, 0.2) is 30.9 Å².